The molecular weight excluding hydrogens is 300 g/mol. The van der Waals surface area contributed by atoms with Crippen LogP contribution < -0.4 is 0 Å². The van der Waals surface area contributed by atoms with Gasteiger partial charge in [-0.1, -0.05) is 29.8 Å². The second-order valence-corrected chi connectivity index (χ2v) is 4.82. The number of carbonyl (C=O) groups is 1. The van der Waals surface area contributed by atoms with Crippen LogP contribution in [0.15, 0.2) is 48.5 Å². The Kier molecular flexibility index (Phi) is 4.61. The van der Waals surface area contributed by atoms with Crippen LogP contribution in [0.2, 0.25) is 0 Å². The molecule has 0 atom stereocenters. The Balaban J connectivity index is 2.31. The van der Waals surface area contributed by atoms with Crippen LogP contribution in [0.25, 0.3) is 6.08 Å². The van der Waals surface area contributed by atoms with E-state index < -0.39 is 15.5 Å². The SMILES string of the molecule is Cc1ccc(C(=O)/C=C/c2ccc([N+](=O)[O-])cc2[N+](=O)[O-])cc1. The van der Waals surface area contributed by atoms with Gasteiger partial charge in [0.2, 0.25) is 0 Å². The number of rotatable bonds is 5. The number of hydrogen-bond acceptors (Lipinski definition) is 5. The predicted octanol–water partition coefficient (Wildman–Crippen LogP) is 3.71. The molecule has 0 unspecified atom stereocenters. The lowest BCUT2D eigenvalue weighted by molar-refractivity contribution is -0.394. The molecule has 0 aromatic heterocycles. The molecule has 2 aromatic carbocycles. The number of ketones is 1. The van der Waals surface area contributed by atoms with Crippen molar-refractivity contribution in [2.45, 2.75) is 6.92 Å². The minimum absolute atomic E-state index is 0.126. The lowest BCUT2D eigenvalue weighted by atomic mass is 10.1. The van der Waals surface area contributed by atoms with Gasteiger partial charge in [-0.25, -0.2) is 0 Å². The highest BCUT2D eigenvalue weighted by molar-refractivity contribution is 6.07. The molecule has 0 bridgehead atoms. The molecule has 0 spiro atoms. The first-order valence-electron chi connectivity index (χ1n) is 6.60. The standard InChI is InChI=1S/C16H12N2O5/c1-11-2-4-13(5-3-11)16(19)9-7-12-6-8-14(17(20)21)10-15(12)18(22)23/h2-10H,1H3/b9-7+. The number of nitro benzene ring substituents is 2. The van der Waals surface area contributed by atoms with Crippen LogP contribution >= 0.6 is 0 Å². The van der Waals surface area contributed by atoms with E-state index in [1.807, 2.05) is 6.92 Å². The summed E-state index contributed by atoms with van der Waals surface area (Å²) in [6.07, 6.45) is 2.49. The van der Waals surface area contributed by atoms with Gasteiger partial charge in [0.05, 0.1) is 21.5 Å². The van der Waals surface area contributed by atoms with Gasteiger partial charge in [-0.3, -0.25) is 25.0 Å². The predicted molar refractivity (Wildman–Crippen MR) is 84.3 cm³/mol. The van der Waals surface area contributed by atoms with E-state index in [0.29, 0.717) is 5.56 Å². The van der Waals surface area contributed by atoms with Gasteiger partial charge in [0, 0.05) is 11.6 Å². The van der Waals surface area contributed by atoms with Crippen LogP contribution in [-0.2, 0) is 0 Å². The molecule has 0 saturated carbocycles. The summed E-state index contributed by atoms with van der Waals surface area (Å²) >= 11 is 0. The molecule has 0 heterocycles. The highest BCUT2D eigenvalue weighted by Crippen LogP contribution is 2.25. The highest BCUT2D eigenvalue weighted by Gasteiger charge is 2.17. The van der Waals surface area contributed by atoms with Gasteiger partial charge < -0.3 is 0 Å². The fourth-order valence-electron chi connectivity index (χ4n) is 1.92. The van der Waals surface area contributed by atoms with Crippen molar-refractivity contribution in [1.29, 1.82) is 0 Å². The van der Waals surface area contributed by atoms with Crippen molar-refractivity contribution >= 4 is 23.2 Å². The summed E-state index contributed by atoms with van der Waals surface area (Å²) in [5.74, 6) is -0.308. The van der Waals surface area contributed by atoms with Crippen LogP contribution in [-0.4, -0.2) is 15.6 Å². The first-order valence-corrected chi connectivity index (χ1v) is 6.60. The molecule has 0 radical (unpaired) electrons. The van der Waals surface area contributed by atoms with Crippen molar-refractivity contribution < 1.29 is 14.6 Å². The van der Waals surface area contributed by atoms with Crippen molar-refractivity contribution in [2.24, 2.45) is 0 Å². The number of nitrogens with zero attached hydrogens (tertiary/aromatic N) is 2. The van der Waals surface area contributed by atoms with E-state index in [2.05, 4.69) is 0 Å². The quantitative estimate of drug-likeness (QED) is 0.362. The van der Waals surface area contributed by atoms with E-state index in [1.54, 1.807) is 24.3 Å². The first-order chi connectivity index (χ1) is 10.9. The van der Waals surface area contributed by atoms with Crippen molar-refractivity contribution in [3.05, 3.63) is 85.5 Å². The number of aryl methyl sites for hydroxylation is 1. The lowest BCUT2D eigenvalue weighted by Gasteiger charge is -1.99. The first kappa shape index (κ1) is 16.0. The molecule has 23 heavy (non-hydrogen) atoms. The fraction of sp³-hybridized carbons (Fsp3) is 0.0625. The van der Waals surface area contributed by atoms with E-state index in [9.17, 15) is 25.0 Å². The number of hydrogen-bond donors (Lipinski definition) is 0. The summed E-state index contributed by atoms with van der Waals surface area (Å²) in [5.41, 5.74) is 0.792. The summed E-state index contributed by atoms with van der Waals surface area (Å²) in [7, 11) is 0. The van der Waals surface area contributed by atoms with E-state index in [0.717, 1.165) is 17.7 Å². The third-order valence-corrected chi connectivity index (χ3v) is 3.17. The minimum Gasteiger partial charge on any atom is -0.289 e. The van der Waals surface area contributed by atoms with Crippen molar-refractivity contribution in [1.82, 2.24) is 0 Å². The van der Waals surface area contributed by atoms with Crippen molar-refractivity contribution in [3.8, 4) is 0 Å². The number of benzene rings is 2. The summed E-state index contributed by atoms with van der Waals surface area (Å²) in [6.45, 7) is 1.89. The van der Waals surface area contributed by atoms with E-state index in [4.69, 9.17) is 0 Å². The van der Waals surface area contributed by atoms with Crippen molar-refractivity contribution in [2.75, 3.05) is 0 Å². The van der Waals surface area contributed by atoms with Gasteiger partial charge >= 0.3 is 0 Å². The van der Waals surface area contributed by atoms with Gasteiger partial charge in [-0.2, -0.15) is 0 Å². The van der Waals surface area contributed by atoms with Crippen LogP contribution in [0.4, 0.5) is 11.4 Å². The highest BCUT2D eigenvalue weighted by atomic mass is 16.6. The Morgan fingerprint density at radius 2 is 1.65 bits per heavy atom. The molecule has 7 heteroatoms. The largest absolute Gasteiger partial charge is 0.289 e. The zero-order valence-corrected chi connectivity index (χ0v) is 12.1. The minimum atomic E-state index is -0.719. The van der Waals surface area contributed by atoms with Crippen LogP contribution in [0.3, 0.4) is 0 Å². The monoisotopic (exact) mass is 312 g/mol. The van der Waals surface area contributed by atoms with Crippen molar-refractivity contribution in [3.63, 3.8) is 0 Å². The topological polar surface area (TPSA) is 103 Å². The molecule has 0 saturated heterocycles. The smallest absolute Gasteiger partial charge is 0.283 e. The zero-order valence-electron chi connectivity index (χ0n) is 12.1. The fourth-order valence-corrected chi connectivity index (χ4v) is 1.92. The van der Waals surface area contributed by atoms with Gasteiger partial charge in [0.1, 0.15) is 0 Å². The Morgan fingerprint density at radius 1 is 1.00 bits per heavy atom. The second kappa shape index (κ2) is 6.61. The molecule has 0 fully saturated rings. The third kappa shape index (κ3) is 3.85. The average molecular weight is 312 g/mol. The summed E-state index contributed by atoms with van der Waals surface area (Å²) in [4.78, 5) is 32.3. The molecule has 0 aliphatic carbocycles. The van der Waals surface area contributed by atoms with Gasteiger partial charge in [0.15, 0.2) is 5.78 Å². The third-order valence-electron chi connectivity index (χ3n) is 3.17. The molecule has 0 aliphatic rings. The number of non-ortho nitro benzene ring substituents is 1. The lowest BCUT2D eigenvalue weighted by Crippen LogP contribution is -1.96. The average Bonchev–Trinajstić information content (AvgIpc) is 2.52. The summed E-state index contributed by atoms with van der Waals surface area (Å²) in [6, 6.07) is 10.2. The number of carbonyl (C=O) groups excluding carboxylic acids is 1. The molecule has 0 N–H and O–H groups in total. The maximum Gasteiger partial charge on any atom is 0.283 e. The summed E-state index contributed by atoms with van der Waals surface area (Å²) in [5, 5.41) is 21.7. The van der Waals surface area contributed by atoms with Gasteiger partial charge in [0.25, 0.3) is 11.4 Å². The molecule has 2 aromatic rings. The molecule has 0 aliphatic heterocycles. The molecule has 7 nitrogen and oxygen atoms in total. The Morgan fingerprint density at radius 3 is 2.22 bits per heavy atom. The van der Waals surface area contributed by atoms with E-state index in [-0.39, 0.29) is 17.0 Å². The molecule has 116 valence electrons. The maximum absolute atomic E-state index is 12.0. The Hall–Kier alpha value is -3.35. The summed E-state index contributed by atoms with van der Waals surface area (Å²) < 4.78 is 0. The van der Waals surface area contributed by atoms with Crippen LogP contribution in [0.5, 0.6) is 0 Å². The van der Waals surface area contributed by atoms with Gasteiger partial charge in [-0.15, -0.1) is 0 Å². The molecule has 0 amide bonds. The maximum atomic E-state index is 12.0. The normalized spacial score (nSPS) is 10.7. The second-order valence-electron chi connectivity index (χ2n) is 4.82. The van der Waals surface area contributed by atoms with E-state index >= 15 is 0 Å². The number of allylic oxidation sites excluding steroid dienone is 1. The van der Waals surface area contributed by atoms with Crippen LogP contribution in [0, 0.1) is 27.2 Å². The van der Waals surface area contributed by atoms with E-state index in [1.165, 1.54) is 18.2 Å². The molecule has 2 rings (SSSR count). The van der Waals surface area contributed by atoms with Crippen LogP contribution in [0.1, 0.15) is 21.5 Å². The molecular formula is C16H12N2O5. The van der Waals surface area contributed by atoms with Gasteiger partial charge in [-0.05, 0) is 25.1 Å². The number of nitro groups is 2. The Bertz CT molecular complexity index is 810. The zero-order chi connectivity index (χ0) is 17.0. The Labute approximate surface area is 131 Å².